The van der Waals surface area contributed by atoms with Gasteiger partial charge in [-0.05, 0) is 97.3 Å². The van der Waals surface area contributed by atoms with Gasteiger partial charge in [0.05, 0.1) is 0 Å². The van der Waals surface area contributed by atoms with Gasteiger partial charge in [-0.1, -0.05) is 196 Å². The minimum absolute atomic E-state index is 0.0792. The van der Waals surface area contributed by atoms with Gasteiger partial charge in [-0.3, -0.25) is 0 Å². The summed E-state index contributed by atoms with van der Waals surface area (Å²) in [5.74, 6) is 2.51. The van der Waals surface area contributed by atoms with Crippen molar-refractivity contribution in [2.75, 3.05) is 0 Å². The molecule has 1 heterocycles. The van der Waals surface area contributed by atoms with E-state index in [4.69, 9.17) is 15.0 Å². The van der Waals surface area contributed by atoms with Gasteiger partial charge in [-0.25, -0.2) is 15.0 Å². The Labute approximate surface area is 363 Å². The van der Waals surface area contributed by atoms with E-state index in [-0.39, 0.29) is 22.7 Å². The Morgan fingerprint density at radius 3 is 1.76 bits per heavy atom. The highest BCUT2D eigenvalue weighted by Crippen LogP contribution is 2.66. The molecule has 5 aliphatic carbocycles. The number of fused-ring (bicyclic) bond motifs is 11. The van der Waals surface area contributed by atoms with Gasteiger partial charge in [-0.15, -0.1) is 0 Å². The summed E-state index contributed by atoms with van der Waals surface area (Å²) in [6, 6.07) is 62.3. The Balaban J connectivity index is 1.04. The normalized spacial score (nSPS) is 20.7. The van der Waals surface area contributed by atoms with Crippen LogP contribution in [0.25, 0.3) is 73.1 Å². The highest BCUT2D eigenvalue weighted by atomic mass is 15.0. The Hall–Kier alpha value is -6.97. The molecule has 0 aliphatic heterocycles. The summed E-state index contributed by atoms with van der Waals surface area (Å²) in [6.07, 6.45) is 11.8. The van der Waals surface area contributed by atoms with Crippen LogP contribution in [0.2, 0.25) is 0 Å². The molecule has 296 valence electrons. The second-order valence-electron chi connectivity index (χ2n) is 18.3. The summed E-state index contributed by atoms with van der Waals surface area (Å²) in [7, 11) is 0. The molecule has 0 N–H and O–H groups in total. The van der Waals surface area contributed by atoms with E-state index in [1.54, 1.807) is 11.1 Å². The van der Waals surface area contributed by atoms with Crippen LogP contribution in [-0.2, 0) is 10.8 Å². The zero-order valence-electron chi connectivity index (χ0n) is 34.9. The molecule has 0 radical (unpaired) electrons. The molecule has 3 atom stereocenters. The van der Waals surface area contributed by atoms with E-state index in [2.05, 4.69) is 183 Å². The number of rotatable bonds is 4. The highest BCUT2D eigenvalue weighted by molar-refractivity contribution is 5.99. The van der Waals surface area contributed by atoms with E-state index in [9.17, 15) is 0 Å². The molecule has 3 heteroatoms. The van der Waals surface area contributed by atoms with Crippen LogP contribution in [0, 0.1) is 5.92 Å². The van der Waals surface area contributed by atoms with Crippen LogP contribution in [0.4, 0.5) is 0 Å². The topological polar surface area (TPSA) is 38.7 Å². The van der Waals surface area contributed by atoms with Gasteiger partial charge in [0.25, 0.3) is 0 Å². The largest absolute Gasteiger partial charge is 0.208 e. The highest BCUT2D eigenvalue weighted by Gasteiger charge is 2.55. The van der Waals surface area contributed by atoms with E-state index in [1.165, 1.54) is 87.7 Å². The van der Waals surface area contributed by atoms with Gasteiger partial charge < -0.3 is 0 Å². The zero-order chi connectivity index (χ0) is 41.0. The van der Waals surface area contributed by atoms with E-state index in [0.29, 0.717) is 17.5 Å². The summed E-state index contributed by atoms with van der Waals surface area (Å²) in [4.78, 5) is 15.7. The van der Waals surface area contributed by atoms with Crippen molar-refractivity contribution < 1.29 is 0 Å². The lowest BCUT2D eigenvalue weighted by atomic mass is 9.62. The fourth-order valence-corrected chi connectivity index (χ4v) is 12.3. The molecule has 1 aromatic heterocycles. The number of allylic oxidation sites excluding steroid dienone is 4. The number of aromatic nitrogens is 3. The van der Waals surface area contributed by atoms with Crippen molar-refractivity contribution in [2.45, 2.75) is 55.8 Å². The predicted molar refractivity (Wildman–Crippen MR) is 252 cm³/mol. The van der Waals surface area contributed by atoms with Crippen molar-refractivity contribution in [3.8, 4) is 67.5 Å². The van der Waals surface area contributed by atoms with Gasteiger partial charge in [0, 0.05) is 39.4 Å². The van der Waals surface area contributed by atoms with Gasteiger partial charge >= 0.3 is 0 Å². The first-order chi connectivity index (χ1) is 30.6. The Morgan fingerprint density at radius 1 is 0.435 bits per heavy atom. The van der Waals surface area contributed by atoms with Gasteiger partial charge in [0.2, 0.25) is 0 Å². The first kappa shape index (κ1) is 35.8. The van der Waals surface area contributed by atoms with Crippen molar-refractivity contribution in [3.63, 3.8) is 0 Å². The molecule has 3 unspecified atom stereocenters. The quantitative estimate of drug-likeness (QED) is 0.178. The SMILES string of the molecule is CC12c3cc(-c4nc(-c5ccccc5)nc(-c5ccc(-c6ccccc6)cc5)n4)ccc3-c3cccc(c3)-c3cccc4c3C3=CC1C(C=C3C41CCCCC1)c1ccccc12. The maximum absolute atomic E-state index is 5.31. The summed E-state index contributed by atoms with van der Waals surface area (Å²) >= 11 is 0. The minimum Gasteiger partial charge on any atom is -0.208 e. The summed E-state index contributed by atoms with van der Waals surface area (Å²) in [5.41, 5.74) is 20.4. The average Bonchev–Trinajstić information content (AvgIpc) is 3.76. The molecule has 62 heavy (non-hydrogen) atoms. The number of hydrogen-bond donors (Lipinski definition) is 0. The van der Waals surface area contributed by atoms with Crippen molar-refractivity contribution in [3.05, 3.63) is 215 Å². The van der Waals surface area contributed by atoms with Crippen LogP contribution in [0.5, 0.6) is 0 Å². The molecule has 0 amide bonds. The zero-order valence-corrected chi connectivity index (χ0v) is 34.9. The third kappa shape index (κ3) is 5.15. The second kappa shape index (κ2) is 13.5. The number of hydrogen-bond acceptors (Lipinski definition) is 3. The second-order valence-corrected chi connectivity index (χ2v) is 18.3. The molecule has 4 bridgehead atoms. The van der Waals surface area contributed by atoms with Gasteiger partial charge in [0.1, 0.15) is 0 Å². The molecule has 1 saturated carbocycles. The molecule has 3 nitrogen and oxygen atoms in total. The molecule has 7 aromatic carbocycles. The Kier molecular flexibility index (Phi) is 7.79. The Morgan fingerprint density at radius 2 is 1.00 bits per heavy atom. The molecule has 5 aliphatic rings. The lowest BCUT2D eigenvalue weighted by Crippen LogP contribution is -2.33. The average molecular weight is 796 g/mol. The third-order valence-corrected chi connectivity index (χ3v) is 15.2. The summed E-state index contributed by atoms with van der Waals surface area (Å²) < 4.78 is 0. The maximum atomic E-state index is 5.31. The van der Waals surface area contributed by atoms with Crippen LogP contribution in [-0.4, -0.2) is 15.0 Å². The van der Waals surface area contributed by atoms with Crippen molar-refractivity contribution in [1.82, 2.24) is 15.0 Å². The van der Waals surface area contributed by atoms with Gasteiger partial charge in [-0.2, -0.15) is 0 Å². The first-order valence-electron chi connectivity index (χ1n) is 22.5. The smallest absolute Gasteiger partial charge is 0.164 e. The molecule has 13 rings (SSSR count). The van der Waals surface area contributed by atoms with Crippen molar-refractivity contribution in [1.29, 1.82) is 0 Å². The van der Waals surface area contributed by atoms with E-state index < -0.39 is 0 Å². The molecule has 8 aromatic rings. The van der Waals surface area contributed by atoms with Gasteiger partial charge in [0.15, 0.2) is 17.5 Å². The molecule has 1 spiro atoms. The molecule has 1 fully saturated rings. The molecule has 0 saturated heterocycles. The standard InChI is InChI=1S/C59H45N3/c1-58-49-23-10-9-21-46(49)47-35-53-48(36-52(47)58)54-45(22-14-24-50(54)59(53)31-11-4-12-32-59)42-20-13-19-41(33-42)44-30-29-43(34-51(44)58)57-61-55(39-17-7-3-8-18-39)60-56(62-57)40-27-25-38(26-28-40)37-15-5-2-6-16-37/h2-3,5-10,13-30,33-36,47,52H,4,11-12,31-32H2,1H3. The van der Waals surface area contributed by atoms with Crippen molar-refractivity contribution in [2.24, 2.45) is 5.92 Å². The Bertz CT molecular complexity index is 3170. The van der Waals surface area contributed by atoms with Crippen LogP contribution >= 0.6 is 0 Å². The summed E-state index contributed by atoms with van der Waals surface area (Å²) in [5, 5.41) is 0. The summed E-state index contributed by atoms with van der Waals surface area (Å²) in [6.45, 7) is 2.53. The number of benzene rings is 7. The first-order valence-corrected chi connectivity index (χ1v) is 22.5. The lowest BCUT2D eigenvalue weighted by Gasteiger charge is -2.40. The lowest BCUT2D eigenvalue weighted by molar-refractivity contribution is 0.347. The molecular formula is C59H45N3. The van der Waals surface area contributed by atoms with E-state index in [0.717, 1.165) is 22.3 Å². The number of nitrogens with zero attached hydrogens (tertiary/aromatic N) is 3. The minimum atomic E-state index is -0.342. The fourth-order valence-electron chi connectivity index (χ4n) is 12.3. The van der Waals surface area contributed by atoms with Crippen LogP contribution in [0.3, 0.4) is 0 Å². The van der Waals surface area contributed by atoms with Crippen LogP contribution in [0.15, 0.2) is 188 Å². The van der Waals surface area contributed by atoms with Crippen LogP contribution in [0.1, 0.15) is 72.8 Å². The van der Waals surface area contributed by atoms with Crippen molar-refractivity contribution >= 4 is 5.57 Å². The maximum Gasteiger partial charge on any atom is 0.164 e. The van der Waals surface area contributed by atoms with E-state index in [1.807, 2.05) is 6.07 Å². The monoisotopic (exact) mass is 795 g/mol. The predicted octanol–water partition coefficient (Wildman–Crippen LogP) is 14.4. The third-order valence-electron chi connectivity index (χ3n) is 15.2. The van der Waals surface area contributed by atoms with E-state index >= 15 is 0 Å². The van der Waals surface area contributed by atoms with Crippen LogP contribution < -0.4 is 0 Å². The fraction of sp³-hybridized carbons (Fsp3) is 0.169. The molecular weight excluding hydrogens is 751 g/mol.